The predicted molar refractivity (Wildman–Crippen MR) is 49.0 cm³/mol. The summed E-state index contributed by atoms with van der Waals surface area (Å²) in [5.41, 5.74) is 0. The van der Waals surface area contributed by atoms with Gasteiger partial charge in [-0.3, -0.25) is 0 Å². The van der Waals surface area contributed by atoms with Crippen LogP contribution in [0.2, 0.25) is 0 Å². The highest BCUT2D eigenvalue weighted by Crippen LogP contribution is 2.20. The van der Waals surface area contributed by atoms with Gasteiger partial charge in [-0.2, -0.15) is 13.2 Å². The molecule has 2 nitrogen and oxygen atoms in total. The summed E-state index contributed by atoms with van der Waals surface area (Å²) in [6, 6.07) is 0. The monoisotopic (exact) mass is 213 g/mol. The fourth-order valence-electron chi connectivity index (χ4n) is 0.969. The van der Waals surface area contributed by atoms with Crippen LogP contribution < -0.4 is 0 Å². The lowest BCUT2D eigenvalue weighted by atomic mass is 10.1. The van der Waals surface area contributed by atoms with E-state index in [0.717, 1.165) is 6.42 Å². The summed E-state index contributed by atoms with van der Waals surface area (Å²) < 4.78 is 35.8. The number of alkyl halides is 3. The molecule has 1 atom stereocenters. The SMILES string of the molecule is CC(C)CCN(C)CC(O)C(F)(F)F. The minimum absolute atomic E-state index is 0.351. The third-order valence-electron chi connectivity index (χ3n) is 1.95. The first-order chi connectivity index (χ1) is 6.23. The Labute approximate surface area is 82.7 Å². The van der Waals surface area contributed by atoms with Gasteiger partial charge in [0.15, 0.2) is 6.10 Å². The Morgan fingerprint density at radius 3 is 2.14 bits per heavy atom. The third-order valence-corrected chi connectivity index (χ3v) is 1.95. The van der Waals surface area contributed by atoms with Crippen molar-refractivity contribution in [2.45, 2.75) is 32.5 Å². The van der Waals surface area contributed by atoms with Crippen LogP contribution in [0.25, 0.3) is 0 Å². The first-order valence-electron chi connectivity index (χ1n) is 4.66. The van der Waals surface area contributed by atoms with Crippen LogP contribution in [0.3, 0.4) is 0 Å². The Kier molecular flexibility index (Phi) is 5.44. The molecule has 0 saturated carbocycles. The highest BCUT2D eigenvalue weighted by molar-refractivity contribution is 4.69. The summed E-state index contributed by atoms with van der Waals surface area (Å²) >= 11 is 0. The molecule has 0 aromatic carbocycles. The van der Waals surface area contributed by atoms with Gasteiger partial charge in [-0.15, -0.1) is 0 Å². The van der Waals surface area contributed by atoms with E-state index >= 15 is 0 Å². The molecule has 1 N–H and O–H groups in total. The maximum absolute atomic E-state index is 11.9. The lowest BCUT2D eigenvalue weighted by molar-refractivity contribution is -0.207. The zero-order chi connectivity index (χ0) is 11.4. The number of aliphatic hydroxyl groups excluding tert-OH is 1. The van der Waals surface area contributed by atoms with Crippen molar-refractivity contribution in [2.24, 2.45) is 5.92 Å². The van der Waals surface area contributed by atoms with Crippen molar-refractivity contribution in [1.82, 2.24) is 4.90 Å². The second-order valence-electron chi connectivity index (χ2n) is 4.00. The molecule has 0 aliphatic rings. The van der Waals surface area contributed by atoms with E-state index in [0.29, 0.717) is 12.5 Å². The fourth-order valence-corrected chi connectivity index (χ4v) is 0.969. The second kappa shape index (κ2) is 5.56. The van der Waals surface area contributed by atoms with Gasteiger partial charge in [-0.25, -0.2) is 0 Å². The van der Waals surface area contributed by atoms with Crippen molar-refractivity contribution in [1.29, 1.82) is 0 Å². The average molecular weight is 213 g/mol. The van der Waals surface area contributed by atoms with Gasteiger partial charge in [-0.05, 0) is 25.9 Å². The van der Waals surface area contributed by atoms with Crippen LogP contribution in [0.4, 0.5) is 13.2 Å². The largest absolute Gasteiger partial charge is 0.415 e. The number of hydrogen-bond donors (Lipinski definition) is 1. The molecule has 86 valence electrons. The number of hydrogen-bond acceptors (Lipinski definition) is 2. The van der Waals surface area contributed by atoms with Gasteiger partial charge in [0.1, 0.15) is 0 Å². The Hall–Kier alpha value is -0.290. The normalized spacial score (nSPS) is 15.2. The average Bonchev–Trinajstić information content (AvgIpc) is 1.99. The smallest absolute Gasteiger partial charge is 0.382 e. The van der Waals surface area contributed by atoms with E-state index in [9.17, 15) is 13.2 Å². The van der Waals surface area contributed by atoms with E-state index < -0.39 is 12.3 Å². The molecule has 5 heteroatoms. The number of rotatable bonds is 5. The second-order valence-corrected chi connectivity index (χ2v) is 4.00. The van der Waals surface area contributed by atoms with Crippen LogP contribution in [0, 0.1) is 5.92 Å². The molecular formula is C9H18F3NO. The minimum atomic E-state index is -4.51. The zero-order valence-corrected chi connectivity index (χ0v) is 8.80. The van der Waals surface area contributed by atoms with E-state index in [1.165, 1.54) is 4.90 Å². The van der Waals surface area contributed by atoms with Gasteiger partial charge < -0.3 is 10.0 Å². The van der Waals surface area contributed by atoms with Crippen LogP contribution in [0.1, 0.15) is 20.3 Å². The number of likely N-dealkylation sites (N-methyl/N-ethyl adjacent to an activating group) is 1. The molecule has 14 heavy (non-hydrogen) atoms. The quantitative estimate of drug-likeness (QED) is 0.753. The van der Waals surface area contributed by atoms with Crippen LogP contribution in [-0.2, 0) is 0 Å². The number of nitrogens with zero attached hydrogens (tertiary/aromatic N) is 1. The molecule has 0 spiro atoms. The van der Waals surface area contributed by atoms with E-state index in [1.54, 1.807) is 7.05 Å². The lowest BCUT2D eigenvalue weighted by Gasteiger charge is -2.22. The van der Waals surface area contributed by atoms with E-state index in [4.69, 9.17) is 5.11 Å². The molecule has 0 aromatic rings. The van der Waals surface area contributed by atoms with Crippen LogP contribution in [-0.4, -0.2) is 42.4 Å². The first kappa shape index (κ1) is 13.7. The topological polar surface area (TPSA) is 23.5 Å². The molecule has 1 unspecified atom stereocenters. The van der Waals surface area contributed by atoms with Gasteiger partial charge >= 0.3 is 6.18 Å². The lowest BCUT2D eigenvalue weighted by Crippen LogP contribution is -2.39. The van der Waals surface area contributed by atoms with Crippen molar-refractivity contribution in [3.63, 3.8) is 0 Å². The Bertz CT molecular complexity index is 159. The predicted octanol–water partition coefficient (Wildman–Crippen LogP) is 1.89. The summed E-state index contributed by atoms with van der Waals surface area (Å²) in [6.45, 7) is 4.24. The standard InChI is InChI=1S/C9H18F3NO/c1-7(2)4-5-13(3)6-8(14)9(10,11)12/h7-8,14H,4-6H2,1-3H3. The Morgan fingerprint density at radius 2 is 1.79 bits per heavy atom. The van der Waals surface area contributed by atoms with Crippen LogP contribution >= 0.6 is 0 Å². The van der Waals surface area contributed by atoms with Crippen molar-refractivity contribution < 1.29 is 18.3 Å². The van der Waals surface area contributed by atoms with Crippen molar-refractivity contribution in [3.8, 4) is 0 Å². The first-order valence-corrected chi connectivity index (χ1v) is 4.66. The number of halogens is 3. The summed E-state index contributed by atoms with van der Waals surface area (Å²) in [4.78, 5) is 1.50. The maximum atomic E-state index is 11.9. The molecule has 0 aromatic heterocycles. The fraction of sp³-hybridized carbons (Fsp3) is 1.00. The van der Waals surface area contributed by atoms with Crippen molar-refractivity contribution in [3.05, 3.63) is 0 Å². The molecule has 0 amide bonds. The Morgan fingerprint density at radius 1 is 1.29 bits per heavy atom. The maximum Gasteiger partial charge on any atom is 0.415 e. The molecule has 0 bridgehead atoms. The van der Waals surface area contributed by atoms with Crippen molar-refractivity contribution >= 4 is 0 Å². The van der Waals surface area contributed by atoms with Crippen LogP contribution in [0.15, 0.2) is 0 Å². The minimum Gasteiger partial charge on any atom is -0.382 e. The van der Waals surface area contributed by atoms with E-state index in [2.05, 4.69) is 0 Å². The third kappa shape index (κ3) is 6.21. The summed E-state index contributed by atoms with van der Waals surface area (Å²) in [7, 11) is 1.58. The molecule has 0 rings (SSSR count). The van der Waals surface area contributed by atoms with E-state index in [1.807, 2.05) is 13.8 Å². The number of aliphatic hydroxyl groups is 1. The van der Waals surface area contributed by atoms with Gasteiger partial charge in [0, 0.05) is 6.54 Å². The van der Waals surface area contributed by atoms with Gasteiger partial charge in [0.05, 0.1) is 0 Å². The van der Waals surface area contributed by atoms with Gasteiger partial charge in [0.25, 0.3) is 0 Å². The molecule has 0 aliphatic carbocycles. The molecular weight excluding hydrogens is 195 g/mol. The highest BCUT2D eigenvalue weighted by atomic mass is 19.4. The molecule has 0 radical (unpaired) electrons. The summed E-state index contributed by atoms with van der Waals surface area (Å²) in [5.74, 6) is 0.459. The van der Waals surface area contributed by atoms with Gasteiger partial charge in [0.2, 0.25) is 0 Å². The zero-order valence-electron chi connectivity index (χ0n) is 8.80. The van der Waals surface area contributed by atoms with Crippen LogP contribution in [0.5, 0.6) is 0 Å². The Balaban J connectivity index is 3.77. The molecule has 0 fully saturated rings. The van der Waals surface area contributed by atoms with Crippen molar-refractivity contribution in [2.75, 3.05) is 20.1 Å². The summed E-state index contributed by atoms with van der Waals surface area (Å²) in [6.07, 6.45) is -5.91. The van der Waals surface area contributed by atoms with Gasteiger partial charge in [-0.1, -0.05) is 13.8 Å². The van der Waals surface area contributed by atoms with E-state index in [-0.39, 0.29) is 6.54 Å². The molecule has 0 heterocycles. The highest BCUT2D eigenvalue weighted by Gasteiger charge is 2.38. The summed E-state index contributed by atoms with van der Waals surface area (Å²) in [5, 5.41) is 8.75. The molecule has 0 aliphatic heterocycles. The molecule has 0 saturated heterocycles.